The number of aromatic nitrogens is 5. The molecular formula is C18H16N6O5S. The first kappa shape index (κ1) is 20.9. The topological polar surface area (TPSA) is 159 Å². The van der Waals surface area contributed by atoms with Crippen molar-refractivity contribution in [1.82, 2.24) is 29.8 Å². The monoisotopic (exact) mass is 428 g/mol. The van der Waals surface area contributed by atoms with Gasteiger partial charge in [0.2, 0.25) is 0 Å². The molecule has 1 aliphatic rings. The summed E-state index contributed by atoms with van der Waals surface area (Å²) >= 11 is 1.48. The van der Waals surface area contributed by atoms with E-state index in [-0.39, 0.29) is 5.91 Å². The molecule has 0 atom stereocenters. The van der Waals surface area contributed by atoms with Gasteiger partial charge in [-0.25, -0.2) is 34.5 Å². The molecule has 0 aromatic carbocycles. The van der Waals surface area contributed by atoms with Crippen LogP contribution in [0.2, 0.25) is 0 Å². The van der Waals surface area contributed by atoms with Crippen LogP contribution in [0.4, 0.5) is 0 Å². The quantitative estimate of drug-likeness (QED) is 0.565. The second-order valence-corrected chi connectivity index (χ2v) is 7.18. The molecule has 0 radical (unpaired) electrons. The van der Waals surface area contributed by atoms with Crippen LogP contribution in [-0.4, -0.2) is 64.4 Å². The highest BCUT2D eigenvalue weighted by atomic mass is 32.1. The summed E-state index contributed by atoms with van der Waals surface area (Å²) in [5.74, 6) is -3.70. The van der Waals surface area contributed by atoms with Crippen molar-refractivity contribution in [3.8, 4) is 11.3 Å². The molecule has 11 nitrogen and oxygen atoms in total. The number of aryl methyl sites for hydroxylation is 1. The summed E-state index contributed by atoms with van der Waals surface area (Å²) in [7, 11) is 0. The molecule has 4 heterocycles. The predicted octanol–water partition coefficient (Wildman–Crippen LogP) is 1.05. The lowest BCUT2D eigenvalue weighted by Gasteiger charge is -2.28. The Morgan fingerprint density at radius 3 is 2.37 bits per heavy atom. The van der Waals surface area contributed by atoms with E-state index >= 15 is 0 Å². The molecule has 1 amide bonds. The number of fused-ring (bicyclic) bond motifs is 1. The molecule has 0 unspecified atom stereocenters. The molecule has 0 aliphatic carbocycles. The van der Waals surface area contributed by atoms with E-state index in [9.17, 15) is 4.79 Å². The van der Waals surface area contributed by atoms with Gasteiger partial charge in [0.1, 0.15) is 18.3 Å². The minimum atomic E-state index is -1.82. The maximum atomic E-state index is 12.7. The first-order valence-corrected chi connectivity index (χ1v) is 9.50. The normalized spacial score (nSPS) is 12.4. The number of nitrogens with zero attached hydrogens (tertiary/aromatic N) is 6. The number of amides is 1. The molecule has 0 saturated carbocycles. The molecule has 0 bridgehead atoms. The van der Waals surface area contributed by atoms with Crippen LogP contribution in [-0.2, 0) is 22.6 Å². The van der Waals surface area contributed by atoms with E-state index < -0.39 is 11.9 Å². The van der Waals surface area contributed by atoms with E-state index in [1.54, 1.807) is 29.0 Å². The number of thiazole rings is 1. The zero-order chi connectivity index (χ0) is 21.7. The molecule has 154 valence electrons. The first-order chi connectivity index (χ1) is 14.4. The number of carbonyl (C=O) groups is 3. The van der Waals surface area contributed by atoms with E-state index in [0.29, 0.717) is 25.2 Å². The average Bonchev–Trinajstić information content (AvgIpc) is 3.19. The fraction of sp³-hybridized carbons (Fsp3) is 0.222. The Kier molecular flexibility index (Phi) is 6.37. The van der Waals surface area contributed by atoms with Gasteiger partial charge in [0.25, 0.3) is 5.91 Å². The lowest BCUT2D eigenvalue weighted by Crippen LogP contribution is -2.37. The van der Waals surface area contributed by atoms with Gasteiger partial charge in [0, 0.05) is 48.4 Å². The second kappa shape index (κ2) is 9.13. The van der Waals surface area contributed by atoms with Crippen molar-refractivity contribution in [3.63, 3.8) is 0 Å². The molecule has 0 fully saturated rings. The third kappa shape index (κ3) is 4.78. The zero-order valence-electron chi connectivity index (χ0n) is 15.7. The minimum absolute atomic E-state index is 0.0517. The van der Waals surface area contributed by atoms with Crippen LogP contribution in [0.3, 0.4) is 0 Å². The molecule has 3 aromatic rings. The SMILES string of the molecule is Cc1nc(C(=O)N2CCc3ncnc(-c4cncnc4)c3C2)cs1.O=C(O)C(=O)O. The van der Waals surface area contributed by atoms with Gasteiger partial charge in [0.15, 0.2) is 0 Å². The molecule has 2 N–H and O–H groups in total. The largest absolute Gasteiger partial charge is 0.473 e. The standard InChI is InChI=1S/C16H14N6OS.C2H2O4/c1-10-21-14(7-24-10)16(23)22-3-2-13-12(6-22)15(20-9-19-13)11-4-17-8-18-5-11;3-1(4)2(5)6/h4-5,7-9H,2-3,6H2,1H3;(H,3,4)(H,5,6). The lowest BCUT2D eigenvalue weighted by atomic mass is 10.0. The highest BCUT2D eigenvalue weighted by molar-refractivity contribution is 7.09. The molecule has 12 heteroatoms. The van der Waals surface area contributed by atoms with Crippen LogP contribution in [0, 0.1) is 6.92 Å². The maximum Gasteiger partial charge on any atom is 0.414 e. The fourth-order valence-electron chi connectivity index (χ4n) is 2.81. The van der Waals surface area contributed by atoms with Gasteiger partial charge in [-0.3, -0.25) is 4.79 Å². The van der Waals surface area contributed by atoms with Gasteiger partial charge in [-0.15, -0.1) is 11.3 Å². The van der Waals surface area contributed by atoms with Crippen molar-refractivity contribution >= 4 is 29.2 Å². The highest BCUT2D eigenvalue weighted by Gasteiger charge is 2.26. The molecule has 1 aliphatic heterocycles. The van der Waals surface area contributed by atoms with Crippen LogP contribution in [0.1, 0.15) is 26.8 Å². The minimum Gasteiger partial charge on any atom is -0.473 e. The molecular weight excluding hydrogens is 412 g/mol. The van der Waals surface area contributed by atoms with Crippen molar-refractivity contribution in [2.24, 2.45) is 0 Å². The first-order valence-electron chi connectivity index (χ1n) is 8.62. The fourth-order valence-corrected chi connectivity index (χ4v) is 3.40. The number of hydrogen-bond acceptors (Lipinski definition) is 9. The van der Waals surface area contributed by atoms with Gasteiger partial charge in [-0.2, -0.15) is 0 Å². The van der Waals surface area contributed by atoms with E-state index in [0.717, 1.165) is 27.5 Å². The Labute approximate surface area is 174 Å². The van der Waals surface area contributed by atoms with Crippen molar-refractivity contribution in [1.29, 1.82) is 0 Å². The van der Waals surface area contributed by atoms with Crippen LogP contribution in [0.25, 0.3) is 11.3 Å². The van der Waals surface area contributed by atoms with Gasteiger partial charge < -0.3 is 15.1 Å². The van der Waals surface area contributed by atoms with Crippen LogP contribution in [0.5, 0.6) is 0 Å². The summed E-state index contributed by atoms with van der Waals surface area (Å²) in [5, 5.41) is 17.5. The Hall–Kier alpha value is -3.80. The maximum absolute atomic E-state index is 12.7. The van der Waals surface area contributed by atoms with Gasteiger partial charge in [0.05, 0.1) is 16.4 Å². The number of hydrogen-bond donors (Lipinski definition) is 2. The zero-order valence-corrected chi connectivity index (χ0v) is 16.5. The summed E-state index contributed by atoms with van der Waals surface area (Å²) in [4.78, 5) is 53.8. The molecule has 0 spiro atoms. The lowest BCUT2D eigenvalue weighted by molar-refractivity contribution is -0.159. The summed E-state index contributed by atoms with van der Waals surface area (Å²) in [6.07, 6.45) is 7.19. The molecule has 0 saturated heterocycles. The van der Waals surface area contributed by atoms with Gasteiger partial charge in [-0.1, -0.05) is 0 Å². The average molecular weight is 428 g/mol. The van der Waals surface area contributed by atoms with Crippen molar-refractivity contribution < 1.29 is 24.6 Å². The Bertz CT molecular complexity index is 1080. The highest BCUT2D eigenvalue weighted by Crippen LogP contribution is 2.27. The molecule has 30 heavy (non-hydrogen) atoms. The Balaban J connectivity index is 0.000000377. The van der Waals surface area contributed by atoms with Crippen LogP contribution < -0.4 is 0 Å². The third-order valence-corrected chi connectivity index (χ3v) is 4.92. The molecule has 4 rings (SSSR count). The summed E-state index contributed by atoms with van der Waals surface area (Å²) in [6.45, 7) is 2.99. The number of aliphatic carboxylic acids is 2. The van der Waals surface area contributed by atoms with Gasteiger partial charge in [-0.05, 0) is 6.92 Å². The number of rotatable bonds is 2. The van der Waals surface area contributed by atoms with Crippen LogP contribution in [0.15, 0.2) is 30.4 Å². The third-order valence-electron chi connectivity index (χ3n) is 4.14. The van der Waals surface area contributed by atoms with Crippen molar-refractivity contribution in [2.45, 2.75) is 19.9 Å². The predicted molar refractivity (Wildman–Crippen MR) is 104 cm³/mol. The van der Waals surface area contributed by atoms with Gasteiger partial charge >= 0.3 is 11.9 Å². The Morgan fingerprint density at radius 2 is 1.77 bits per heavy atom. The number of carboxylic acids is 2. The number of carbonyl (C=O) groups excluding carboxylic acids is 1. The van der Waals surface area contributed by atoms with E-state index in [1.165, 1.54) is 17.7 Å². The van der Waals surface area contributed by atoms with E-state index in [2.05, 4.69) is 24.9 Å². The second-order valence-electron chi connectivity index (χ2n) is 6.11. The summed E-state index contributed by atoms with van der Waals surface area (Å²) in [5.41, 5.74) is 4.05. The van der Waals surface area contributed by atoms with E-state index in [4.69, 9.17) is 19.8 Å². The van der Waals surface area contributed by atoms with Crippen molar-refractivity contribution in [3.05, 3.63) is 52.4 Å². The summed E-state index contributed by atoms with van der Waals surface area (Å²) < 4.78 is 0. The van der Waals surface area contributed by atoms with E-state index in [1.807, 2.05) is 6.92 Å². The summed E-state index contributed by atoms with van der Waals surface area (Å²) in [6, 6.07) is 0. The number of carboxylic acid groups (broad SMARTS) is 2. The van der Waals surface area contributed by atoms with Crippen LogP contribution >= 0.6 is 11.3 Å². The smallest absolute Gasteiger partial charge is 0.414 e. The molecule has 3 aromatic heterocycles. The Morgan fingerprint density at radius 1 is 1.07 bits per heavy atom. The van der Waals surface area contributed by atoms with Crippen molar-refractivity contribution in [2.75, 3.05) is 6.54 Å².